The van der Waals surface area contributed by atoms with Crippen LogP contribution < -0.4 is 0 Å². The first-order valence-corrected chi connectivity index (χ1v) is 8.18. The highest BCUT2D eigenvalue weighted by Crippen LogP contribution is 2.33. The molecule has 3 rings (SSSR count). The number of hydrogen-bond acceptors (Lipinski definition) is 2. The molecule has 3 nitrogen and oxygen atoms in total. The van der Waals surface area contributed by atoms with Crippen molar-refractivity contribution in [3.05, 3.63) is 41.6 Å². The summed E-state index contributed by atoms with van der Waals surface area (Å²) in [6.07, 6.45) is 8.78. The van der Waals surface area contributed by atoms with Gasteiger partial charge in [0.25, 0.3) is 0 Å². The van der Waals surface area contributed by atoms with Crippen LogP contribution in [0, 0.1) is 0 Å². The van der Waals surface area contributed by atoms with Gasteiger partial charge in [0.05, 0.1) is 0 Å². The monoisotopic (exact) mass is 296 g/mol. The third-order valence-corrected chi connectivity index (χ3v) is 4.71. The molecule has 0 saturated carbocycles. The fraction of sp³-hybridized carbons (Fsp3) is 0.421. The van der Waals surface area contributed by atoms with Crippen molar-refractivity contribution in [2.75, 3.05) is 20.1 Å². The Balaban J connectivity index is 1.88. The highest BCUT2D eigenvalue weighted by molar-refractivity contribution is 5.94. The largest absolute Gasteiger partial charge is 0.361 e. The summed E-state index contributed by atoms with van der Waals surface area (Å²) in [4.78, 5) is 17.2. The zero-order chi connectivity index (χ0) is 15.5. The summed E-state index contributed by atoms with van der Waals surface area (Å²) in [7, 11) is 2.19. The molecule has 116 valence electrons. The molecule has 1 aromatic heterocycles. The van der Waals surface area contributed by atoms with Gasteiger partial charge in [-0.2, -0.15) is 0 Å². The average Bonchev–Trinajstić information content (AvgIpc) is 2.96. The van der Waals surface area contributed by atoms with E-state index < -0.39 is 0 Å². The van der Waals surface area contributed by atoms with Crippen LogP contribution >= 0.6 is 0 Å². The van der Waals surface area contributed by atoms with E-state index in [0.29, 0.717) is 12.3 Å². The lowest BCUT2D eigenvalue weighted by Crippen LogP contribution is -2.29. The molecule has 0 spiro atoms. The molecule has 0 aliphatic carbocycles. The van der Waals surface area contributed by atoms with E-state index in [-0.39, 0.29) is 5.78 Å². The molecule has 1 aliphatic heterocycles. The van der Waals surface area contributed by atoms with Crippen molar-refractivity contribution in [2.24, 2.45) is 0 Å². The second-order valence-electron chi connectivity index (χ2n) is 6.28. The van der Waals surface area contributed by atoms with Crippen LogP contribution in [-0.2, 0) is 4.79 Å². The van der Waals surface area contributed by atoms with Gasteiger partial charge in [0, 0.05) is 23.5 Å². The first-order valence-electron chi connectivity index (χ1n) is 8.18. The number of fused-ring (bicyclic) bond motifs is 1. The van der Waals surface area contributed by atoms with Crippen LogP contribution in [0.3, 0.4) is 0 Å². The van der Waals surface area contributed by atoms with E-state index in [9.17, 15) is 4.79 Å². The molecule has 1 fully saturated rings. The average molecular weight is 296 g/mol. The molecule has 1 aliphatic rings. The molecular formula is C19H24N2O. The predicted octanol–water partition coefficient (Wildman–Crippen LogP) is 3.97. The maximum absolute atomic E-state index is 11.4. The maximum atomic E-state index is 11.4. The molecule has 0 atom stereocenters. The smallest absolute Gasteiger partial charge is 0.155 e. The first kappa shape index (κ1) is 15.0. The summed E-state index contributed by atoms with van der Waals surface area (Å²) in [5.74, 6) is 0.811. The Morgan fingerprint density at radius 2 is 2.14 bits per heavy atom. The van der Waals surface area contributed by atoms with Crippen molar-refractivity contribution in [2.45, 2.75) is 32.1 Å². The maximum Gasteiger partial charge on any atom is 0.155 e. The molecule has 2 aromatic rings. The lowest BCUT2D eigenvalue weighted by Gasteiger charge is -2.28. The molecule has 22 heavy (non-hydrogen) atoms. The number of piperidine rings is 1. The van der Waals surface area contributed by atoms with E-state index in [1.165, 1.54) is 42.4 Å². The van der Waals surface area contributed by atoms with Gasteiger partial charge in [0.2, 0.25) is 0 Å². The second-order valence-corrected chi connectivity index (χ2v) is 6.28. The highest BCUT2D eigenvalue weighted by Gasteiger charge is 2.20. The van der Waals surface area contributed by atoms with E-state index in [0.717, 1.165) is 5.56 Å². The van der Waals surface area contributed by atoms with Gasteiger partial charge in [-0.15, -0.1) is 0 Å². The van der Waals surface area contributed by atoms with Crippen LogP contribution in [0.15, 0.2) is 30.5 Å². The Bertz CT molecular complexity index is 691. The minimum Gasteiger partial charge on any atom is -0.361 e. The molecule has 0 amide bonds. The molecule has 1 saturated heterocycles. The van der Waals surface area contributed by atoms with Gasteiger partial charge in [-0.25, -0.2) is 0 Å². The van der Waals surface area contributed by atoms with Gasteiger partial charge in [0.1, 0.15) is 0 Å². The number of nitrogens with one attached hydrogen (secondary N) is 1. The molecule has 3 heteroatoms. The van der Waals surface area contributed by atoms with Crippen molar-refractivity contribution in [3.8, 4) is 0 Å². The van der Waals surface area contributed by atoms with E-state index in [2.05, 4.69) is 41.3 Å². The molecule has 1 aromatic carbocycles. The fourth-order valence-corrected chi connectivity index (χ4v) is 3.23. The number of hydrogen-bond donors (Lipinski definition) is 1. The lowest BCUT2D eigenvalue weighted by molar-refractivity contribution is -0.114. The quantitative estimate of drug-likeness (QED) is 0.867. The van der Waals surface area contributed by atoms with Crippen LogP contribution in [0.4, 0.5) is 0 Å². The SMILES string of the molecule is CCC(=O)C=Cc1ccc2[nH]cc(C3CCN(C)CC3)c2c1. The summed E-state index contributed by atoms with van der Waals surface area (Å²) in [5.41, 5.74) is 3.72. The molecule has 1 N–H and O–H groups in total. The third kappa shape index (κ3) is 3.14. The Hall–Kier alpha value is -1.87. The van der Waals surface area contributed by atoms with E-state index in [1.807, 2.05) is 13.0 Å². The van der Waals surface area contributed by atoms with Gasteiger partial charge in [0.15, 0.2) is 5.78 Å². The predicted molar refractivity (Wildman–Crippen MR) is 92.1 cm³/mol. The lowest BCUT2D eigenvalue weighted by atomic mass is 9.89. The van der Waals surface area contributed by atoms with Gasteiger partial charge < -0.3 is 9.88 Å². The van der Waals surface area contributed by atoms with Gasteiger partial charge >= 0.3 is 0 Å². The zero-order valence-electron chi connectivity index (χ0n) is 13.4. The normalized spacial score (nSPS) is 17.5. The summed E-state index contributed by atoms with van der Waals surface area (Å²) in [5, 5.41) is 1.31. The van der Waals surface area contributed by atoms with Crippen molar-refractivity contribution >= 4 is 22.8 Å². The number of H-pyrrole nitrogens is 1. The Morgan fingerprint density at radius 1 is 1.36 bits per heavy atom. The summed E-state index contributed by atoms with van der Waals surface area (Å²) < 4.78 is 0. The number of benzene rings is 1. The fourth-order valence-electron chi connectivity index (χ4n) is 3.23. The number of carbonyl (C=O) groups excluding carboxylic acids is 1. The molecule has 2 heterocycles. The van der Waals surface area contributed by atoms with Gasteiger partial charge in [-0.05, 0) is 68.2 Å². The number of allylic oxidation sites excluding steroid dienone is 1. The number of nitrogens with zero attached hydrogens (tertiary/aromatic N) is 1. The number of aromatic amines is 1. The number of aromatic nitrogens is 1. The summed E-state index contributed by atoms with van der Waals surface area (Å²) >= 11 is 0. The number of ketones is 1. The molecular weight excluding hydrogens is 272 g/mol. The van der Waals surface area contributed by atoms with Crippen LogP contribution in [0.25, 0.3) is 17.0 Å². The van der Waals surface area contributed by atoms with Crippen LogP contribution in [-0.4, -0.2) is 35.8 Å². The highest BCUT2D eigenvalue weighted by atomic mass is 16.1. The number of likely N-dealkylation sites (tertiary alicyclic amines) is 1. The van der Waals surface area contributed by atoms with Crippen molar-refractivity contribution in [3.63, 3.8) is 0 Å². The van der Waals surface area contributed by atoms with Crippen LogP contribution in [0.1, 0.15) is 43.2 Å². The second kappa shape index (κ2) is 6.49. The standard InChI is InChI=1S/C19H24N2O/c1-3-16(22)6-4-14-5-7-19-17(12-14)18(13-20-19)15-8-10-21(2)11-9-15/h4-7,12-13,15,20H,3,8-11H2,1-2H3. The Labute approximate surface area is 132 Å². The zero-order valence-corrected chi connectivity index (χ0v) is 13.4. The summed E-state index contributed by atoms with van der Waals surface area (Å²) in [6, 6.07) is 6.39. The number of carbonyl (C=O) groups is 1. The van der Waals surface area contributed by atoms with Crippen LogP contribution in [0.5, 0.6) is 0 Å². The minimum atomic E-state index is 0.171. The minimum absolute atomic E-state index is 0.171. The van der Waals surface area contributed by atoms with E-state index in [1.54, 1.807) is 6.08 Å². The van der Waals surface area contributed by atoms with Crippen LogP contribution in [0.2, 0.25) is 0 Å². The Kier molecular flexibility index (Phi) is 4.44. The topological polar surface area (TPSA) is 36.1 Å². The molecule has 0 radical (unpaired) electrons. The van der Waals surface area contributed by atoms with E-state index >= 15 is 0 Å². The summed E-state index contributed by atoms with van der Waals surface area (Å²) in [6.45, 7) is 4.23. The molecule has 0 unspecified atom stereocenters. The Morgan fingerprint density at radius 3 is 2.86 bits per heavy atom. The third-order valence-electron chi connectivity index (χ3n) is 4.71. The van der Waals surface area contributed by atoms with Crippen molar-refractivity contribution < 1.29 is 4.79 Å². The number of rotatable bonds is 4. The van der Waals surface area contributed by atoms with Crippen molar-refractivity contribution in [1.29, 1.82) is 0 Å². The van der Waals surface area contributed by atoms with Crippen molar-refractivity contribution in [1.82, 2.24) is 9.88 Å². The van der Waals surface area contributed by atoms with E-state index in [4.69, 9.17) is 0 Å². The van der Waals surface area contributed by atoms with Gasteiger partial charge in [-0.3, -0.25) is 4.79 Å². The molecule has 0 bridgehead atoms. The first-order chi connectivity index (χ1) is 10.7. The van der Waals surface area contributed by atoms with Gasteiger partial charge in [-0.1, -0.05) is 19.1 Å².